The van der Waals surface area contributed by atoms with E-state index in [0.717, 1.165) is 11.8 Å². The summed E-state index contributed by atoms with van der Waals surface area (Å²) in [5.74, 6) is -0.352. The molecule has 22 heavy (non-hydrogen) atoms. The van der Waals surface area contributed by atoms with Gasteiger partial charge >= 0.3 is 0 Å². The van der Waals surface area contributed by atoms with Gasteiger partial charge in [0.25, 0.3) is 5.91 Å². The summed E-state index contributed by atoms with van der Waals surface area (Å²) in [7, 11) is -3.34. The van der Waals surface area contributed by atoms with Gasteiger partial charge in [0.2, 0.25) is 0 Å². The van der Waals surface area contributed by atoms with E-state index < -0.39 is 9.84 Å². The molecule has 1 amide bonds. The SMILES string of the molecule is CS(=O)(=O)c1cccc(C(=O)NCc2ccc(C#N)cc2)c1. The highest BCUT2D eigenvalue weighted by molar-refractivity contribution is 7.90. The van der Waals surface area contributed by atoms with Gasteiger partial charge in [0.15, 0.2) is 9.84 Å². The number of benzene rings is 2. The van der Waals surface area contributed by atoms with Crippen molar-refractivity contribution in [2.24, 2.45) is 0 Å². The fourth-order valence-electron chi connectivity index (χ4n) is 1.85. The summed E-state index contributed by atoms with van der Waals surface area (Å²) in [6.45, 7) is 0.299. The lowest BCUT2D eigenvalue weighted by Gasteiger charge is -2.07. The van der Waals surface area contributed by atoms with Gasteiger partial charge in [0.1, 0.15) is 0 Å². The van der Waals surface area contributed by atoms with Crippen LogP contribution in [-0.2, 0) is 16.4 Å². The fourth-order valence-corrected chi connectivity index (χ4v) is 2.52. The number of nitriles is 1. The summed E-state index contributed by atoms with van der Waals surface area (Å²) in [4.78, 5) is 12.2. The van der Waals surface area contributed by atoms with Crippen LogP contribution >= 0.6 is 0 Å². The highest BCUT2D eigenvalue weighted by Gasteiger charge is 2.11. The van der Waals surface area contributed by atoms with E-state index in [2.05, 4.69) is 5.32 Å². The van der Waals surface area contributed by atoms with Crippen LogP contribution in [0.15, 0.2) is 53.4 Å². The van der Waals surface area contributed by atoms with E-state index in [9.17, 15) is 13.2 Å². The average Bonchev–Trinajstić information content (AvgIpc) is 2.52. The minimum atomic E-state index is -3.34. The van der Waals surface area contributed by atoms with Crippen LogP contribution in [-0.4, -0.2) is 20.6 Å². The molecular formula is C16H14N2O3S. The summed E-state index contributed by atoms with van der Waals surface area (Å²) < 4.78 is 23.0. The number of sulfone groups is 1. The average molecular weight is 314 g/mol. The molecule has 112 valence electrons. The van der Waals surface area contributed by atoms with Crippen LogP contribution in [0.1, 0.15) is 21.5 Å². The largest absolute Gasteiger partial charge is 0.348 e. The number of amides is 1. The molecule has 0 radical (unpaired) electrons. The molecule has 0 aliphatic rings. The number of hydrogen-bond donors (Lipinski definition) is 1. The number of nitrogens with one attached hydrogen (secondary N) is 1. The molecule has 2 aromatic rings. The Balaban J connectivity index is 2.08. The molecule has 5 nitrogen and oxygen atoms in total. The molecule has 1 N–H and O–H groups in total. The molecule has 0 aliphatic carbocycles. The number of hydrogen-bond acceptors (Lipinski definition) is 4. The van der Waals surface area contributed by atoms with E-state index in [4.69, 9.17) is 5.26 Å². The second-order valence-electron chi connectivity index (χ2n) is 4.79. The Morgan fingerprint density at radius 1 is 1.18 bits per heavy atom. The molecule has 0 bridgehead atoms. The van der Waals surface area contributed by atoms with E-state index >= 15 is 0 Å². The van der Waals surface area contributed by atoms with Crippen LogP contribution in [0.2, 0.25) is 0 Å². The molecule has 0 fully saturated rings. The summed E-state index contributed by atoms with van der Waals surface area (Å²) in [5, 5.41) is 11.4. The Labute approximate surface area is 129 Å². The van der Waals surface area contributed by atoms with Gasteiger partial charge in [0.05, 0.1) is 16.5 Å². The first-order valence-corrected chi connectivity index (χ1v) is 8.36. The summed E-state index contributed by atoms with van der Waals surface area (Å²) >= 11 is 0. The Morgan fingerprint density at radius 3 is 2.45 bits per heavy atom. The molecule has 6 heteroatoms. The van der Waals surface area contributed by atoms with Crippen LogP contribution < -0.4 is 5.32 Å². The lowest BCUT2D eigenvalue weighted by atomic mass is 10.1. The molecule has 0 aliphatic heterocycles. The van der Waals surface area contributed by atoms with Crippen molar-refractivity contribution < 1.29 is 13.2 Å². The highest BCUT2D eigenvalue weighted by atomic mass is 32.2. The van der Waals surface area contributed by atoms with Gasteiger partial charge < -0.3 is 5.32 Å². The Kier molecular flexibility index (Phi) is 4.59. The van der Waals surface area contributed by atoms with Crippen molar-refractivity contribution in [3.05, 3.63) is 65.2 Å². The number of nitrogens with zero attached hydrogens (tertiary/aromatic N) is 1. The molecule has 0 aromatic heterocycles. The minimum absolute atomic E-state index is 0.110. The maximum atomic E-state index is 12.1. The van der Waals surface area contributed by atoms with Crippen molar-refractivity contribution in [1.29, 1.82) is 5.26 Å². The standard InChI is InChI=1S/C16H14N2O3S/c1-22(20,21)15-4-2-3-14(9-15)16(19)18-11-13-7-5-12(10-17)6-8-13/h2-9H,11H2,1H3,(H,18,19). The van der Waals surface area contributed by atoms with E-state index in [-0.39, 0.29) is 16.4 Å². The van der Waals surface area contributed by atoms with Gasteiger partial charge in [-0.2, -0.15) is 5.26 Å². The molecule has 0 atom stereocenters. The third kappa shape index (κ3) is 3.93. The van der Waals surface area contributed by atoms with Gasteiger partial charge in [-0.3, -0.25) is 4.79 Å². The first-order valence-electron chi connectivity index (χ1n) is 6.47. The number of carbonyl (C=O) groups is 1. The second-order valence-corrected chi connectivity index (χ2v) is 6.81. The molecular weight excluding hydrogens is 300 g/mol. The first kappa shape index (κ1) is 15.7. The van der Waals surface area contributed by atoms with Crippen molar-refractivity contribution in [1.82, 2.24) is 5.32 Å². The molecule has 0 heterocycles. The Bertz CT molecular complexity index is 834. The van der Waals surface area contributed by atoms with Crippen molar-refractivity contribution >= 4 is 15.7 Å². The molecule has 0 unspecified atom stereocenters. The summed E-state index contributed by atoms with van der Waals surface area (Å²) in [5.41, 5.74) is 1.69. The van der Waals surface area contributed by atoms with Gasteiger partial charge in [-0.15, -0.1) is 0 Å². The van der Waals surface area contributed by atoms with Crippen LogP contribution in [0.25, 0.3) is 0 Å². The monoisotopic (exact) mass is 314 g/mol. The van der Waals surface area contributed by atoms with Gasteiger partial charge in [-0.05, 0) is 35.9 Å². The van der Waals surface area contributed by atoms with Crippen LogP contribution in [0.4, 0.5) is 0 Å². The van der Waals surface area contributed by atoms with Gasteiger partial charge in [-0.1, -0.05) is 18.2 Å². The van der Waals surface area contributed by atoms with Crippen LogP contribution in [0, 0.1) is 11.3 Å². The van der Waals surface area contributed by atoms with Crippen molar-refractivity contribution in [2.75, 3.05) is 6.26 Å². The van der Waals surface area contributed by atoms with Gasteiger partial charge in [0, 0.05) is 18.4 Å². The zero-order chi connectivity index (χ0) is 16.2. The normalized spacial score (nSPS) is 10.7. The summed E-state index contributed by atoms with van der Waals surface area (Å²) in [6.07, 6.45) is 1.10. The maximum absolute atomic E-state index is 12.1. The number of carbonyl (C=O) groups excluding carboxylic acids is 1. The Morgan fingerprint density at radius 2 is 1.86 bits per heavy atom. The molecule has 2 aromatic carbocycles. The smallest absolute Gasteiger partial charge is 0.251 e. The van der Waals surface area contributed by atoms with Gasteiger partial charge in [-0.25, -0.2) is 8.42 Å². The lowest BCUT2D eigenvalue weighted by Crippen LogP contribution is -2.23. The van der Waals surface area contributed by atoms with Crippen LogP contribution in [0.5, 0.6) is 0 Å². The predicted octanol–water partition coefficient (Wildman–Crippen LogP) is 1.89. The molecule has 2 rings (SSSR count). The second kappa shape index (κ2) is 6.41. The quantitative estimate of drug-likeness (QED) is 0.933. The first-order chi connectivity index (χ1) is 10.4. The van der Waals surface area contributed by atoms with E-state index in [1.807, 2.05) is 6.07 Å². The molecule has 0 spiro atoms. The van der Waals surface area contributed by atoms with E-state index in [1.54, 1.807) is 30.3 Å². The zero-order valence-electron chi connectivity index (χ0n) is 11.9. The predicted molar refractivity (Wildman–Crippen MR) is 81.9 cm³/mol. The Hall–Kier alpha value is -2.65. The molecule has 0 saturated carbocycles. The summed E-state index contributed by atoms with van der Waals surface area (Å²) in [6, 6.07) is 14.8. The minimum Gasteiger partial charge on any atom is -0.348 e. The van der Waals surface area contributed by atoms with Crippen LogP contribution in [0.3, 0.4) is 0 Å². The van der Waals surface area contributed by atoms with E-state index in [0.29, 0.717) is 12.1 Å². The number of rotatable bonds is 4. The highest BCUT2D eigenvalue weighted by Crippen LogP contribution is 2.11. The van der Waals surface area contributed by atoms with Crippen molar-refractivity contribution in [2.45, 2.75) is 11.4 Å². The molecule has 0 saturated heterocycles. The van der Waals surface area contributed by atoms with Crippen molar-refractivity contribution in [3.8, 4) is 6.07 Å². The fraction of sp³-hybridized carbons (Fsp3) is 0.125. The third-order valence-electron chi connectivity index (χ3n) is 3.06. The van der Waals surface area contributed by atoms with E-state index in [1.165, 1.54) is 18.2 Å². The third-order valence-corrected chi connectivity index (χ3v) is 4.17. The zero-order valence-corrected chi connectivity index (χ0v) is 12.7. The van der Waals surface area contributed by atoms with Crippen molar-refractivity contribution in [3.63, 3.8) is 0 Å². The topological polar surface area (TPSA) is 87.0 Å². The lowest BCUT2D eigenvalue weighted by molar-refractivity contribution is 0.0950. The maximum Gasteiger partial charge on any atom is 0.251 e.